The second kappa shape index (κ2) is 12.4. The number of carbonyl (C=O) groups excluding carboxylic acids is 3. The number of aliphatic carboxylic acids is 2. The lowest BCUT2D eigenvalue weighted by Crippen LogP contribution is -2.59. The van der Waals surface area contributed by atoms with Crippen molar-refractivity contribution in [3.8, 4) is 0 Å². The lowest BCUT2D eigenvalue weighted by Gasteiger charge is -2.27. The van der Waals surface area contributed by atoms with Gasteiger partial charge in [-0.3, -0.25) is 24.0 Å². The molecule has 0 spiro atoms. The molecule has 0 aromatic carbocycles. The van der Waals surface area contributed by atoms with E-state index in [4.69, 9.17) is 15.9 Å². The summed E-state index contributed by atoms with van der Waals surface area (Å²) in [6.45, 7) is 4.77. The van der Waals surface area contributed by atoms with Crippen LogP contribution in [-0.4, -0.2) is 74.0 Å². The summed E-state index contributed by atoms with van der Waals surface area (Å²) in [6, 6.07) is -4.81. The van der Waals surface area contributed by atoms with Crippen molar-refractivity contribution in [2.75, 3.05) is 0 Å². The van der Waals surface area contributed by atoms with Crippen LogP contribution < -0.4 is 21.7 Å². The zero-order valence-electron chi connectivity index (χ0n) is 18.1. The topological polar surface area (TPSA) is 217 Å². The predicted octanol–water partition coefficient (Wildman–Crippen LogP) is -1.64. The summed E-state index contributed by atoms with van der Waals surface area (Å²) in [5, 5.41) is 25.1. The van der Waals surface area contributed by atoms with Crippen molar-refractivity contribution in [3.63, 3.8) is 0 Å². The van der Waals surface area contributed by atoms with Crippen molar-refractivity contribution in [1.29, 1.82) is 0 Å². The van der Waals surface area contributed by atoms with E-state index in [0.717, 1.165) is 0 Å². The standard InChI is InChI=1S/C19H30N6O7/c1-4-9(2)15(25-16(28)12(20)6-14(26)27)18(30)24-13(5-11-7-21-8-22-11)17(29)23-10(3)19(31)32/h7-10,12-13,15H,4-6,20H2,1-3H3,(H,21,22)(H,23,29)(H,24,30)(H,25,28)(H,26,27)(H,31,32). The first-order valence-corrected chi connectivity index (χ1v) is 10.0. The van der Waals surface area contributed by atoms with Crippen LogP contribution in [0.3, 0.4) is 0 Å². The molecule has 1 heterocycles. The Bertz CT molecular complexity index is 813. The highest BCUT2D eigenvalue weighted by molar-refractivity contribution is 5.94. The summed E-state index contributed by atoms with van der Waals surface area (Å²) < 4.78 is 0. The Kier molecular flexibility index (Phi) is 10.3. The number of amides is 3. The summed E-state index contributed by atoms with van der Waals surface area (Å²) in [5.74, 6) is -5.13. The molecule has 1 aromatic heterocycles. The summed E-state index contributed by atoms with van der Waals surface area (Å²) in [6.07, 6.45) is 2.70. The van der Waals surface area contributed by atoms with E-state index < -0.39 is 60.2 Å². The third-order valence-electron chi connectivity index (χ3n) is 4.87. The van der Waals surface area contributed by atoms with E-state index in [9.17, 15) is 24.0 Å². The largest absolute Gasteiger partial charge is 0.481 e. The van der Waals surface area contributed by atoms with Gasteiger partial charge in [0.05, 0.1) is 18.8 Å². The molecule has 1 aromatic rings. The first-order valence-electron chi connectivity index (χ1n) is 10.0. The van der Waals surface area contributed by atoms with Gasteiger partial charge < -0.3 is 36.9 Å². The zero-order chi connectivity index (χ0) is 24.4. The van der Waals surface area contributed by atoms with Crippen LogP contribution in [0.1, 0.15) is 39.3 Å². The number of carboxylic acid groups (broad SMARTS) is 2. The number of aromatic amines is 1. The van der Waals surface area contributed by atoms with E-state index in [1.54, 1.807) is 13.8 Å². The molecule has 0 saturated carbocycles. The number of aromatic nitrogens is 2. The molecular weight excluding hydrogens is 424 g/mol. The first kappa shape index (κ1) is 26.6. The number of carbonyl (C=O) groups is 5. The van der Waals surface area contributed by atoms with Gasteiger partial charge in [0, 0.05) is 18.3 Å². The molecule has 0 saturated heterocycles. The Labute approximate surface area is 184 Å². The molecule has 8 N–H and O–H groups in total. The maximum absolute atomic E-state index is 13.0. The van der Waals surface area contributed by atoms with Crippen molar-refractivity contribution in [2.24, 2.45) is 11.7 Å². The molecule has 0 aliphatic heterocycles. The summed E-state index contributed by atoms with van der Waals surface area (Å²) in [5.41, 5.74) is 6.09. The average molecular weight is 454 g/mol. The van der Waals surface area contributed by atoms with E-state index in [1.165, 1.54) is 19.4 Å². The van der Waals surface area contributed by atoms with Crippen LogP contribution in [0.2, 0.25) is 0 Å². The third-order valence-corrected chi connectivity index (χ3v) is 4.87. The van der Waals surface area contributed by atoms with Gasteiger partial charge in [0.2, 0.25) is 17.7 Å². The third kappa shape index (κ3) is 8.34. The molecule has 5 atom stereocenters. The number of hydrogen-bond acceptors (Lipinski definition) is 7. The molecule has 178 valence electrons. The molecular formula is C19H30N6O7. The van der Waals surface area contributed by atoms with Gasteiger partial charge in [-0.15, -0.1) is 0 Å². The van der Waals surface area contributed by atoms with Crippen LogP contribution in [-0.2, 0) is 30.4 Å². The lowest BCUT2D eigenvalue weighted by atomic mass is 9.97. The maximum atomic E-state index is 13.0. The minimum atomic E-state index is -1.35. The Morgan fingerprint density at radius 1 is 1.06 bits per heavy atom. The number of imidazole rings is 1. The first-order chi connectivity index (χ1) is 15.0. The van der Waals surface area contributed by atoms with Crippen molar-refractivity contribution < 1.29 is 34.2 Å². The molecule has 0 aliphatic carbocycles. The average Bonchev–Trinajstić information content (AvgIpc) is 3.22. The van der Waals surface area contributed by atoms with Gasteiger partial charge in [-0.05, 0) is 12.8 Å². The van der Waals surface area contributed by atoms with Crippen LogP contribution in [0.4, 0.5) is 0 Å². The molecule has 0 aliphatic rings. The fourth-order valence-corrected chi connectivity index (χ4v) is 2.71. The normalized spacial score (nSPS) is 15.5. The van der Waals surface area contributed by atoms with Crippen LogP contribution in [0.15, 0.2) is 12.5 Å². The second-order valence-corrected chi connectivity index (χ2v) is 7.49. The lowest BCUT2D eigenvalue weighted by molar-refractivity contribution is -0.141. The van der Waals surface area contributed by atoms with Gasteiger partial charge in [-0.25, -0.2) is 4.98 Å². The van der Waals surface area contributed by atoms with Gasteiger partial charge in [-0.2, -0.15) is 0 Å². The Balaban J connectivity index is 3.02. The Morgan fingerprint density at radius 3 is 2.22 bits per heavy atom. The summed E-state index contributed by atoms with van der Waals surface area (Å²) in [7, 11) is 0. The van der Waals surface area contributed by atoms with E-state index in [1.807, 2.05) is 0 Å². The van der Waals surface area contributed by atoms with E-state index >= 15 is 0 Å². The molecule has 13 nitrogen and oxygen atoms in total. The monoisotopic (exact) mass is 454 g/mol. The van der Waals surface area contributed by atoms with Crippen molar-refractivity contribution in [2.45, 2.75) is 64.2 Å². The zero-order valence-corrected chi connectivity index (χ0v) is 18.1. The van der Waals surface area contributed by atoms with Gasteiger partial charge in [0.25, 0.3) is 0 Å². The Morgan fingerprint density at radius 2 is 1.72 bits per heavy atom. The van der Waals surface area contributed by atoms with Crippen LogP contribution in [0, 0.1) is 5.92 Å². The number of rotatable bonds is 13. The molecule has 1 rings (SSSR count). The van der Waals surface area contributed by atoms with Gasteiger partial charge in [0.1, 0.15) is 18.1 Å². The number of hydrogen-bond donors (Lipinski definition) is 7. The fraction of sp³-hybridized carbons (Fsp3) is 0.579. The highest BCUT2D eigenvalue weighted by Gasteiger charge is 2.32. The molecule has 0 radical (unpaired) electrons. The smallest absolute Gasteiger partial charge is 0.325 e. The van der Waals surface area contributed by atoms with Gasteiger partial charge in [-0.1, -0.05) is 20.3 Å². The van der Waals surface area contributed by atoms with Crippen molar-refractivity contribution in [3.05, 3.63) is 18.2 Å². The van der Waals surface area contributed by atoms with E-state index in [-0.39, 0.29) is 12.3 Å². The highest BCUT2D eigenvalue weighted by Crippen LogP contribution is 2.10. The van der Waals surface area contributed by atoms with Crippen molar-refractivity contribution >= 4 is 29.7 Å². The van der Waals surface area contributed by atoms with Crippen molar-refractivity contribution in [1.82, 2.24) is 25.9 Å². The predicted molar refractivity (Wildman–Crippen MR) is 111 cm³/mol. The van der Waals surface area contributed by atoms with Gasteiger partial charge >= 0.3 is 11.9 Å². The van der Waals surface area contributed by atoms with E-state index in [0.29, 0.717) is 12.1 Å². The number of carboxylic acids is 2. The minimum absolute atomic E-state index is 0.0103. The quantitative estimate of drug-likeness (QED) is 0.181. The fourth-order valence-electron chi connectivity index (χ4n) is 2.71. The molecule has 32 heavy (non-hydrogen) atoms. The number of nitrogens with zero attached hydrogens (tertiary/aromatic N) is 1. The number of H-pyrrole nitrogens is 1. The molecule has 0 fully saturated rings. The number of nitrogens with two attached hydrogens (primary N) is 1. The van der Waals surface area contributed by atoms with E-state index in [2.05, 4.69) is 25.9 Å². The molecule has 3 amide bonds. The minimum Gasteiger partial charge on any atom is -0.481 e. The molecule has 13 heteroatoms. The summed E-state index contributed by atoms with van der Waals surface area (Å²) in [4.78, 5) is 66.4. The Hall–Kier alpha value is -3.48. The SMILES string of the molecule is CCC(C)C(NC(=O)C(N)CC(=O)O)C(=O)NC(Cc1cnc[nH]1)C(=O)NC(C)C(=O)O. The van der Waals surface area contributed by atoms with Gasteiger partial charge in [0.15, 0.2) is 0 Å². The summed E-state index contributed by atoms with van der Waals surface area (Å²) >= 11 is 0. The second-order valence-electron chi connectivity index (χ2n) is 7.49. The highest BCUT2D eigenvalue weighted by atomic mass is 16.4. The van der Waals surface area contributed by atoms with Crippen LogP contribution in [0.5, 0.6) is 0 Å². The molecule has 0 bridgehead atoms. The van der Waals surface area contributed by atoms with Crippen LogP contribution in [0.25, 0.3) is 0 Å². The maximum Gasteiger partial charge on any atom is 0.325 e. The number of nitrogens with one attached hydrogen (secondary N) is 4. The molecule has 5 unspecified atom stereocenters. The van der Waals surface area contributed by atoms with Crippen LogP contribution >= 0.6 is 0 Å².